The second-order valence-corrected chi connectivity index (χ2v) is 7.74. The zero-order chi connectivity index (χ0) is 20.1. The molecule has 1 unspecified atom stereocenters. The van der Waals surface area contributed by atoms with Gasteiger partial charge in [0.2, 0.25) is 5.91 Å². The van der Waals surface area contributed by atoms with Gasteiger partial charge in [0.15, 0.2) is 11.6 Å². The third-order valence-electron chi connectivity index (χ3n) is 4.16. The molecule has 0 bridgehead atoms. The van der Waals surface area contributed by atoms with E-state index in [-0.39, 0.29) is 11.8 Å². The summed E-state index contributed by atoms with van der Waals surface area (Å²) in [5.41, 5.74) is 1.98. The number of benzene rings is 2. The first-order valence-corrected chi connectivity index (χ1v) is 9.86. The first-order valence-electron chi connectivity index (χ1n) is 8.57. The van der Waals surface area contributed by atoms with Gasteiger partial charge < -0.3 is 4.90 Å². The zero-order valence-electron chi connectivity index (χ0n) is 15.3. The second kappa shape index (κ2) is 9.47. The molecule has 0 saturated heterocycles. The molecular weight excluding hydrogens is 436 g/mol. The number of amides is 1. The molecule has 0 aliphatic heterocycles. The Hall–Kier alpha value is -1.72. The van der Waals surface area contributed by atoms with E-state index < -0.39 is 16.5 Å². The van der Waals surface area contributed by atoms with Crippen molar-refractivity contribution in [2.24, 2.45) is 0 Å². The van der Waals surface area contributed by atoms with Crippen molar-refractivity contribution in [3.63, 3.8) is 0 Å². The zero-order valence-corrected chi connectivity index (χ0v) is 17.7. The number of anilines is 1. The third-order valence-corrected chi connectivity index (χ3v) is 5.42. The van der Waals surface area contributed by atoms with Crippen LogP contribution in [-0.2, 0) is 4.79 Å². The monoisotopic (exact) mass is 455 g/mol. The molecule has 27 heavy (non-hydrogen) atoms. The van der Waals surface area contributed by atoms with Crippen molar-refractivity contribution < 1.29 is 13.6 Å². The van der Waals surface area contributed by atoms with Crippen molar-refractivity contribution in [3.05, 3.63) is 76.3 Å². The summed E-state index contributed by atoms with van der Waals surface area (Å²) in [5.74, 6) is -2.02. The number of halogens is 4. The van der Waals surface area contributed by atoms with Gasteiger partial charge in [0.25, 0.3) is 0 Å². The largest absolute Gasteiger partial charge is 0.307 e. The first-order chi connectivity index (χ1) is 12.8. The summed E-state index contributed by atoms with van der Waals surface area (Å²) in [4.78, 5) is 13.9. The number of carbonyl (C=O) groups excluding carboxylic acids is 1. The molecule has 2 rings (SSSR count). The van der Waals surface area contributed by atoms with E-state index in [1.54, 1.807) is 17.0 Å². The van der Waals surface area contributed by atoms with E-state index >= 15 is 0 Å². The van der Waals surface area contributed by atoms with Crippen LogP contribution in [0.3, 0.4) is 0 Å². The third kappa shape index (κ3) is 5.17. The van der Waals surface area contributed by atoms with Crippen LogP contribution in [0.2, 0.25) is 5.02 Å². The first kappa shape index (κ1) is 21.6. The van der Waals surface area contributed by atoms with Crippen molar-refractivity contribution in [2.45, 2.75) is 31.5 Å². The minimum Gasteiger partial charge on any atom is -0.307 e. The van der Waals surface area contributed by atoms with Gasteiger partial charge in [-0.25, -0.2) is 8.78 Å². The van der Waals surface area contributed by atoms with Crippen LogP contribution in [0.15, 0.2) is 48.6 Å². The molecule has 2 nitrogen and oxygen atoms in total. The average Bonchev–Trinajstić information content (AvgIpc) is 2.64. The van der Waals surface area contributed by atoms with Gasteiger partial charge in [-0.05, 0) is 54.3 Å². The second-order valence-electron chi connectivity index (χ2n) is 6.41. The summed E-state index contributed by atoms with van der Waals surface area (Å²) in [6.07, 6.45) is 3.70. The molecule has 0 heterocycles. The van der Waals surface area contributed by atoms with Crippen LogP contribution >= 0.6 is 27.5 Å². The van der Waals surface area contributed by atoms with Crippen molar-refractivity contribution in [3.8, 4) is 0 Å². The lowest BCUT2D eigenvalue weighted by Crippen LogP contribution is -2.33. The molecule has 0 radical (unpaired) electrons. The minimum atomic E-state index is -0.988. The van der Waals surface area contributed by atoms with Gasteiger partial charge in [0.1, 0.15) is 4.83 Å². The average molecular weight is 457 g/mol. The molecular formula is C21H21BrClF2NO. The van der Waals surface area contributed by atoms with Gasteiger partial charge >= 0.3 is 0 Å². The van der Waals surface area contributed by atoms with E-state index in [4.69, 9.17) is 11.6 Å². The number of nitrogens with zero attached hydrogens (tertiary/aromatic N) is 1. The molecule has 144 valence electrons. The van der Waals surface area contributed by atoms with Crippen LogP contribution in [0, 0.1) is 11.6 Å². The number of hydrogen-bond donors (Lipinski definition) is 0. The molecule has 2 aromatic carbocycles. The lowest BCUT2D eigenvalue weighted by molar-refractivity contribution is -0.118. The van der Waals surface area contributed by atoms with Crippen molar-refractivity contribution >= 4 is 39.1 Å². The Kier molecular flexibility index (Phi) is 7.57. The molecule has 1 atom stereocenters. The van der Waals surface area contributed by atoms with Crippen molar-refractivity contribution in [2.75, 3.05) is 11.4 Å². The van der Waals surface area contributed by atoms with Gasteiger partial charge in [-0.1, -0.05) is 59.6 Å². The highest BCUT2D eigenvalue weighted by atomic mass is 79.9. The van der Waals surface area contributed by atoms with Crippen molar-refractivity contribution in [1.82, 2.24) is 0 Å². The van der Waals surface area contributed by atoms with Crippen LogP contribution in [0.4, 0.5) is 14.5 Å². The Morgan fingerprint density at radius 2 is 1.89 bits per heavy atom. The molecule has 0 spiro atoms. The Balaban J connectivity index is 2.41. The van der Waals surface area contributed by atoms with Crippen molar-refractivity contribution in [1.29, 1.82) is 0 Å². The predicted molar refractivity (Wildman–Crippen MR) is 111 cm³/mol. The molecule has 0 saturated carbocycles. The number of hydrogen-bond acceptors (Lipinski definition) is 1. The lowest BCUT2D eigenvalue weighted by atomic mass is 10.0. The van der Waals surface area contributed by atoms with Crippen LogP contribution in [0.25, 0.3) is 0 Å². The summed E-state index contributed by atoms with van der Waals surface area (Å²) in [6, 6.07) is 8.87. The van der Waals surface area contributed by atoms with Gasteiger partial charge in [-0.15, -0.1) is 0 Å². The molecule has 1 amide bonds. The Labute approximate surface area is 172 Å². The molecule has 0 aliphatic rings. The molecule has 6 heteroatoms. The maximum atomic E-state index is 13.6. The number of allylic oxidation sites excluding steroid dienone is 1. The fourth-order valence-corrected chi connectivity index (χ4v) is 3.49. The summed E-state index contributed by atoms with van der Waals surface area (Å²) < 4.78 is 26.8. The topological polar surface area (TPSA) is 20.3 Å². The maximum Gasteiger partial charge on any atom is 0.245 e. The SMILES string of the molecule is C/C=C/CN(C(=O)C(Br)c1ccc(F)c(F)c1)c1ccc(Cl)c(C(C)C)c1. The van der Waals surface area contributed by atoms with Crippen LogP contribution in [0.5, 0.6) is 0 Å². The van der Waals surface area contributed by atoms with E-state index in [1.807, 2.05) is 39.0 Å². The van der Waals surface area contributed by atoms with Gasteiger partial charge in [0.05, 0.1) is 0 Å². The van der Waals surface area contributed by atoms with Gasteiger partial charge in [-0.3, -0.25) is 4.79 Å². The highest BCUT2D eigenvalue weighted by molar-refractivity contribution is 9.09. The van der Waals surface area contributed by atoms with E-state index in [2.05, 4.69) is 15.9 Å². The molecule has 0 aromatic heterocycles. The maximum absolute atomic E-state index is 13.6. The summed E-state index contributed by atoms with van der Waals surface area (Å²) in [5, 5.41) is 0.642. The molecule has 0 aliphatic carbocycles. The number of carbonyl (C=O) groups is 1. The standard InChI is InChI=1S/C21H21BrClF2NO/c1-4-5-10-26(15-7-8-17(23)16(12-15)13(2)3)21(27)20(22)14-6-9-18(24)19(25)11-14/h4-9,11-13,20H,10H2,1-3H3/b5-4+. The summed E-state index contributed by atoms with van der Waals surface area (Å²) in [6.45, 7) is 6.26. The van der Waals surface area contributed by atoms with Gasteiger partial charge in [0, 0.05) is 17.3 Å². The predicted octanol–water partition coefficient (Wildman–Crippen LogP) is 6.79. The van der Waals surface area contributed by atoms with E-state index in [1.165, 1.54) is 6.07 Å². The number of rotatable bonds is 6. The van der Waals surface area contributed by atoms with E-state index in [9.17, 15) is 13.6 Å². The molecule has 0 fully saturated rings. The summed E-state index contributed by atoms with van der Waals surface area (Å²) in [7, 11) is 0. The summed E-state index contributed by atoms with van der Waals surface area (Å²) >= 11 is 9.60. The highest BCUT2D eigenvalue weighted by Gasteiger charge is 2.25. The van der Waals surface area contributed by atoms with E-state index in [0.717, 1.165) is 17.7 Å². The Morgan fingerprint density at radius 1 is 1.19 bits per heavy atom. The van der Waals surface area contributed by atoms with E-state index in [0.29, 0.717) is 22.8 Å². The Bertz CT molecular complexity index is 854. The highest BCUT2D eigenvalue weighted by Crippen LogP contribution is 2.32. The van der Waals surface area contributed by atoms with Crippen LogP contribution < -0.4 is 4.90 Å². The fourth-order valence-electron chi connectivity index (χ4n) is 2.62. The fraction of sp³-hybridized carbons (Fsp3) is 0.286. The van der Waals surface area contributed by atoms with Crippen LogP contribution in [-0.4, -0.2) is 12.5 Å². The smallest absolute Gasteiger partial charge is 0.245 e. The minimum absolute atomic E-state index is 0.196. The quantitative estimate of drug-likeness (QED) is 0.346. The Morgan fingerprint density at radius 3 is 2.48 bits per heavy atom. The van der Waals surface area contributed by atoms with Gasteiger partial charge in [-0.2, -0.15) is 0 Å². The molecule has 2 aromatic rings. The number of alkyl halides is 1. The lowest BCUT2D eigenvalue weighted by Gasteiger charge is -2.25. The van der Waals surface area contributed by atoms with Crippen LogP contribution in [0.1, 0.15) is 42.6 Å². The molecule has 0 N–H and O–H groups in total. The normalized spacial score (nSPS) is 12.6.